The van der Waals surface area contributed by atoms with Gasteiger partial charge < -0.3 is 19.1 Å². The van der Waals surface area contributed by atoms with Gasteiger partial charge in [-0.15, -0.1) is 0 Å². The molecule has 1 aliphatic rings. The normalized spacial score (nSPS) is 13.7. The molecule has 172 valence electrons. The molecule has 4 aromatic rings. The molecule has 0 atom stereocenters. The zero-order valence-electron chi connectivity index (χ0n) is 18.5. The van der Waals surface area contributed by atoms with Crippen molar-refractivity contribution in [3.8, 4) is 28.7 Å². The van der Waals surface area contributed by atoms with Gasteiger partial charge in [0, 0.05) is 44.0 Å². The van der Waals surface area contributed by atoms with E-state index in [4.69, 9.17) is 9.26 Å². The Balaban J connectivity index is 1.37. The summed E-state index contributed by atoms with van der Waals surface area (Å²) in [5, 5.41) is 15.9. The number of benzene rings is 2. The van der Waals surface area contributed by atoms with E-state index in [2.05, 4.69) is 20.0 Å². The van der Waals surface area contributed by atoms with Gasteiger partial charge in [0.1, 0.15) is 17.1 Å². The van der Waals surface area contributed by atoms with Crippen molar-refractivity contribution in [3.63, 3.8) is 0 Å². The number of para-hydroxylation sites is 2. The van der Waals surface area contributed by atoms with Crippen molar-refractivity contribution in [2.45, 2.75) is 0 Å². The maximum absolute atomic E-state index is 11.9. The molecular weight excluding hydrogens is 436 g/mol. The first kappa shape index (κ1) is 21.4. The third-order valence-corrected chi connectivity index (χ3v) is 5.79. The summed E-state index contributed by atoms with van der Waals surface area (Å²) in [6.07, 6.45) is 1.64. The molecule has 1 fully saturated rings. The second kappa shape index (κ2) is 9.18. The molecule has 2 aromatic carbocycles. The lowest BCUT2D eigenvalue weighted by molar-refractivity contribution is -0.384. The number of methoxy groups -OCH3 is 1. The number of hydrogen-bond donors (Lipinski definition) is 0. The van der Waals surface area contributed by atoms with E-state index in [9.17, 15) is 10.1 Å². The van der Waals surface area contributed by atoms with Gasteiger partial charge in [0.05, 0.1) is 17.7 Å². The third kappa shape index (κ3) is 4.13. The van der Waals surface area contributed by atoms with Gasteiger partial charge in [0.25, 0.3) is 11.6 Å². The lowest BCUT2D eigenvalue weighted by atomic mass is 10.1. The molecule has 0 bridgehead atoms. The number of pyridine rings is 1. The molecule has 0 radical (unpaired) electrons. The second-order valence-corrected chi connectivity index (χ2v) is 7.74. The fraction of sp³-hybridized carbons (Fsp3) is 0.208. The minimum absolute atomic E-state index is 0.000766. The number of aromatic nitrogens is 3. The lowest BCUT2D eigenvalue weighted by Crippen LogP contribution is -2.46. The lowest BCUT2D eigenvalue weighted by Gasteiger charge is -2.37. The molecule has 34 heavy (non-hydrogen) atoms. The Morgan fingerprint density at radius 1 is 0.971 bits per heavy atom. The molecule has 2 aromatic heterocycles. The standard InChI is InChI=1S/C24H22N6O4/c1-33-22-8-3-2-7-20(22)29-14-12-28(13-15-29)19-10-9-17(16-21(19)30(31)32)24-26-23(27-34-24)18-6-4-5-11-25-18/h2-11,16H,12-15H2,1H3. The summed E-state index contributed by atoms with van der Waals surface area (Å²) < 4.78 is 10.8. The highest BCUT2D eigenvalue weighted by atomic mass is 16.6. The number of anilines is 2. The van der Waals surface area contributed by atoms with Crippen molar-refractivity contribution in [2.75, 3.05) is 43.1 Å². The van der Waals surface area contributed by atoms with Crippen LogP contribution in [0.4, 0.5) is 17.1 Å². The molecule has 3 heterocycles. The Hall–Kier alpha value is -4.47. The molecule has 10 heteroatoms. The minimum Gasteiger partial charge on any atom is -0.495 e. The van der Waals surface area contributed by atoms with Crippen molar-refractivity contribution in [1.29, 1.82) is 0 Å². The minimum atomic E-state index is -0.374. The van der Waals surface area contributed by atoms with Crippen molar-refractivity contribution < 1.29 is 14.2 Å². The molecule has 0 saturated carbocycles. The monoisotopic (exact) mass is 458 g/mol. The van der Waals surface area contributed by atoms with Crippen LogP contribution >= 0.6 is 0 Å². The molecule has 0 unspecified atom stereocenters. The van der Waals surface area contributed by atoms with Gasteiger partial charge in [-0.3, -0.25) is 15.1 Å². The molecule has 1 saturated heterocycles. The van der Waals surface area contributed by atoms with Crippen molar-refractivity contribution >= 4 is 17.1 Å². The molecule has 5 rings (SSSR count). The maximum Gasteiger partial charge on any atom is 0.293 e. The summed E-state index contributed by atoms with van der Waals surface area (Å²) in [6.45, 7) is 2.72. The zero-order valence-corrected chi connectivity index (χ0v) is 18.5. The Morgan fingerprint density at radius 3 is 2.41 bits per heavy atom. The third-order valence-electron chi connectivity index (χ3n) is 5.79. The van der Waals surface area contributed by atoms with E-state index >= 15 is 0 Å². The van der Waals surface area contributed by atoms with Crippen LogP contribution in [0.25, 0.3) is 23.0 Å². The van der Waals surface area contributed by atoms with Crippen LogP contribution in [0.15, 0.2) is 71.4 Å². The highest BCUT2D eigenvalue weighted by molar-refractivity contribution is 5.72. The largest absolute Gasteiger partial charge is 0.495 e. The maximum atomic E-state index is 11.9. The number of rotatable bonds is 6. The van der Waals surface area contributed by atoms with Gasteiger partial charge in [-0.25, -0.2) is 0 Å². The number of nitrogens with zero attached hydrogens (tertiary/aromatic N) is 6. The number of nitro benzene ring substituents is 1. The highest BCUT2D eigenvalue weighted by Crippen LogP contribution is 2.35. The summed E-state index contributed by atoms with van der Waals surface area (Å²) in [5.74, 6) is 1.35. The van der Waals surface area contributed by atoms with Crippen molar-refractivity contribution in [3.05, 3.63) is 77.0 Å². The smallest absolute Gasteiger partial charge is 0.293 e. The number of ether oxygens (including phenoxy) is 1. The van der Waals surface area contributed by atoms with E-state index in [1.807, 2.05) is 35.2 Å². The van der Waals surface area contributed by atoms with Crippen LogP contribution in [0.2, 0.25) is 0 Å². The van der Waals surface area contributed by atoms with Crippen LogP contribution < -0.4 is 14.5 Å². The SMILES string of the molecule is COc1ccccc1N1CCN(c2ccc(-c3nc(-c4ccccn4)no3)cc2[N+](=O)[O-])CC1. The van der Waals surface area contributed by atoms with Crippen LogP contribution in [0, 0.1) is 10.1 Å². The van der Waals surface area contributed by atoms with E-state index in [0.717, 1.165) is 24.5 Å². The summed E-state index contributed by atoms with van der Waals surface area (Å²) >= 11 is 0. The van der Waals surface area contributed by atoms with Crippen LogP contribution in [0.1, 0.15) is 0 Å². The first-order valence-electron chi connectivity index (χ1n) is 10.8. The van der Waals surface area contributed by atoms with Gasteiger partial charge >= 0.3 is 0 Å². The first-order valence-corrected chi connectivity index (χ1v) is 10.8. The van der Waals surface area contributed by atoms with Gasteiger partial charge in [-0.05, 0) is 36.4 Å². The zero-order chi connectivity index (χ0) is 23.5. The molecule has 0 spiro atoms. The van der Waals surface area contributed by atoms with Crippen LogP contribution in [0.5, 0.6) is 5.75 Å². The van der Waals surface area contributed by atoms with E-state index in [1.165, 1.54) is 6.07 Å². The van der Waals surface area contributed by atoms with Gasteiger partial charge in [-0.2, -0.15) is 4.98 Å². The Morgan fingerprint density at radius 2 is 1.71 bits per heavy atom. The summed E-state index contributed by atoms with van der Waals surface area (Å²) in [4.78, 5) is 24.4. The Kier molecular flexibility index (Phi) is 5.77. The molecule has 0 N–H and O–H groups in total. The predicted octanol–water partition coefficient (Wildman–Crippen LogP) is 4.04. The fourth-order valence-electron chi connectivity index (χ4n) is 4.09. The van der Waals surface area contributed by atoms with Crippen molar-refractivity contribution in [1.82, 2.24) is 15.1 Å². The average Bonchev–Trinajstić information content (AvgIpc) is 3.39. The van der Waals surface area contributed by atoms with Crippen molar-refractivity contribution in [2.24, 2.45) is 0 Å². The fourth-order valence-corrected chi connectivity index (χ4v) is 4.09. The average molecular weight is 458 g/mol. The molecule has 0 amide bonds. The number of hydrogen-bond acceptors (Lipinski definition) is 9. The highest BCUT2D eigenvalue weighted by Gasteiger charge is 2.26. The number of nitro groups is 1. The molecule has 10 nitrogen and oxygen atoms in total. The van der Waals surface area contributed by atoms with E-state index in [0.29, 0.717) is 35.9 Å². The first-order chi connectivity index (χ1) is 16.6. The summed E-state index contributed by atoms with van der Waals surface area (Å²) in [7, 11) is 1.66. The van der Waals surface area contributed by atoms with Gasteiger partial charge in [-0.1, -0.05) is 23.4 Å². The topological polar surface area (TPSA) is 111 Å². The van der Waals surface area contributed by atoms with Crippen LogP contribution in [-0.4, -0.2) is 53.3 Å². The van der Waals surface area contributed by atoms with Crippen LogP contribution in [-0.2, 0) is 0 Å². The van der Waals surface area contributed by atoms with E-state index in [-0.39, 0.29) is 16.5 Å². The van der Waals surface area contributed by atoms with Gasteiger partial charge in [0.2, 0.25) is 5.82 Å². The summed E-state index contributed by atoms with van der Waals surface area (Å²) in [6, 6.07) is 18.3. The molecule has 0 aliphatic carbocycles. The predicted molar refractivity (Wildman–Crippen MR) is 127 cm³/mol. The summed E-state index contributed by atoms with van der Waals surface area (Å²) in [5.41, 5.74) is 2.64. The Bertz CT molecular complexity index is 1300. The quantitative estimate of drug-likeness (QED) is 0.312. The molecule has 1 aliphatic heterocycles. The Labute approximate surface area is 195 Å². The second-order valence-electron chi connectivity index (χ2n) is 7.74. The van der Waals surface area contributed by atoms with Crippen LogP contribution in [0.3, 0.4) is 0 Å². The van der Waals surface area contributed by atoms with Gasteiger partial charge in [0.15, 0.2) is 0 Å². The molecular formula is C24H22N6O4. The van der Waals surface area contributed by atoms with E-state index in [1.54, 1.807) is 37.6 Å². The van der Waals surface area contributed by atoms with E-state index < -0.39 is 0 Å². The number of piperazine rings is 1.